The first-order valence-corrected chi connectivity index (χ1v) is 7.14. The first-order valence-electron chi connectivity index (χ1n) is 4.81. The fourth-order valence-corrected chi connectivity index (χ4v) is 2.28. The van der Waals surface area contributed by atoms with E-state index in [4.69, 9.17) is 0 Å². The van der Waals surface area contributed by atoms with Crippen molar-refractivity contribution in [2.24, 2.45) is 0 Å². The van der Waals surface area contributed by atoms with Crippen LogP contribution in [0, 0.1) is 0 Å². The van der Waals surface area contributed by atoms with Crippen molar-refractivity contribution in [1.82, 2.24) is 9.88 Å². The molecule has 0 radical (unpaired) electrons. The Morgan fingerprint density at radius 2 is 2.47 bits per heavy atom. The number of thiazole rings is 1. The lowest BCUT2D eigenvalue weighted by atomic mass is 10.2. The van der Waals surface area contributed by atoms with Gasteiger partial charge in [0.2, 0.25) is 0 Å². The number of rotatable bonds is 5. The van der Waals surface area contributed by atoms with Gasteiger partial charge in [0.1, 0.15) is 5.69 Å². The van der Waals surface area contributed by atoms with Crippen molar-refractivity contribution in [2.45, 2.75) is 19.4 Å². The van der Waals surface area contributed by atoms with E-state index in [-0.39, 0.29) is 11.9 Å². The van der Waals surface area contributed by atoms with E-state index in [2.05, 4.69) is 18.2 Å². The number of thioether (sulfide) groups is 1. The van der Waals surface area contributed by atoms with Crippen molar-refractivity contribution < 1.29 is 4.79 Å². The zero-order valence-corrected chi connectivity index (χ0v) is 10.9. The normalized spacial score (nSPS) is 12.5. The first-order chi connectivity index (χ1) is 7.16. The molecule has 1 amide bonds. The maximum absolute atomic E-state index is 11.9. The molecule has 15 heavy (non-hydrogen) atoms. The highest BCUT2D eigenvalue weighted by Crippen LogP contribution is 2.10. The van der Waals surface area contributed by atoms with Crippen LogP contribution in [0.2, 0.25) is 0 Å². The third kappa shape index (κ3) is 3.50. The third-order valence-corrected chi connectivity index (χ3v) is 3.60. The summed E-state index contributed by atoms with van der Waals surface area (Å²) in [7, 11) is 1.84. The molecule has 3 nitrogen and oxygen atoms in total. The number of carbonyl (C=O) groups is 1. The fourth-order valence-electron chi connectivity index (χ4n) is 1.18. The molecule has 0 spiro atoms. The van der Waals surface area contributed by atoms with Gasteiger partial charge in [0, 0.05) is 18.5 Å². The fraction of sp³-hybridized carbons (Fsp3) is 0.600. The average Bonchev–Trinajstić information content (AvgIpc) is 2.77. The van der Waals surface area contributed by atoms with Crippen molar-refractivity contribution >= 4 is 29.0 Å². The Hall–Kier alpha value is -0.550. The predicted octanol–water partition coefficient (Wildman–Crippen LogP) is 2.36. The lowest BCUT2D eigenvalue weighted by Crippen LogP contribution is -2.35. The second-order valence-electron chi connectivity index (χ2n) is 3.42. The Bertz CT molecular complexity index is 300. The van der Waals surface area contributed by atoms with Crippen LogP contribution in [0.3, 0.4) is 0 Å². The number of nitrogens with zero attached hydrogens (tertiary/aromatic N) is 2. The summed E-state index contributed by atoms with van der Waals surface area (Å²) in [5.41, 5.74) is 2.24. The maximum atomic E-state index is 11.9. The molecule has 0 N–H and O–H groups in total. The first kappa shape index (κ1) is 12.5. The van der Waals surface area contributed by atoms with Crippen molar-refractivity contribution in [1.29, 1.82) is 0 Å². The summed E-state index contributed by atoms with van der Waals surface area (Å²) in [5.74, 6) is 1.10. The summed E-state index contributed by atoms with van der Waals surface area (Å²) in [6.45, 7) is 2.07. The SMILES string of the molecule is CSCCC(C)N(C)C(=O)c1cscn1. The molecule has 5 heteroatoms. The molecule has 1 aromatic rings. The summed E-state index contributed by atoms with van der Waals surface area (Å²) in [5, 5.41) is 1.79. The van der Waals surface area contributed by atoms with Crippen LogP contribution >= 0.6 is 23.1 Å². The zero-order chi connectivity index (χ0) is 11.3. The van der Waals surface area contributed by atoms with Crippen LogP contribution in [-0.2, 0) is 0 Å². The molecule has 1 heterocycles. The smallest absolute Gasteiger partial charge is 0.273 e. The van der Waals surface area contributed by atoms with Gasteiger partial charge in [-0.1, -0.05) is 0 Å². The molecule has 0 aliphatic rings. The van der Waals surface area contributed by atoms with Crippen LogP contribution in [0.15, 0.2) is 10.9 Å². The van der Waals surface area contributed by atoms with Crippen LogP contribution in [0.4, 0.5) is 0 Å². The van der Waals surface area contributed by atoms with Gasteiger partial charge in [-0.25, -0.2) is 4.98 Å². The van der Waals surface area contributed by atoms with Gasteiger partial charge in [-0.15, -0.1) is 11.3 Å². The van der Waals surface area contributed by atoms with Gasteiger partial charge in [0.05, 0.1) is 5.51 Å². The van der Waals surface area contributed by atoms with E-state index in [1.807, 2.05) is 7.05 Å². The lowest BCUT2D eigenvalue weighted by Gasteiger charge is -2.23. The summed E-state index contributed by atoms with van der Waals surface area (Å²) in [6, 6.07) is 0.270. The van der Waals surface area contributed by atoms with E-state index in [1.165, 1.54) is 11.3 Å². The van der Waals surface area contributed by atoms with Gasteiger partial charge in [-0.3, -0.25) is 4.79 Å². The summed E-state index contributed by atoms with van der Waals surface area (Å²) < 4.78 is 0. The highest BCUT2D eigenvalue weighted by Gasteiger charge is 2.18. The molecular formula is C10H16N2OS2. The zero-order valence-electron chi connectivity index (χ0n) is 9.27. The van der Waals surface area contributed by atoms with Gasteiger partial charge in [0.15, 0.2) is 0 Å². The Morgan fingerprint density at radius 3 is 3.00 bits per heavy atom. The van der Waals surface area contributed by atoms with E-state index in [9.17, 15) is 4.79 Å². The van der Waals surface area contributed by atoms with Crippen molar-refractivity contribution in [3.8, 4) is 0 Å². The Balaban J connectivity index is 2.52. The largest absolute Gasteiger partial charge is 0.338 e. The van der Waals surface area contributed by atoms with Crippen LogP contribution in [0.5, 0.6) is 0 Å². The molecule has 84 valence electrons. The number of amides is 1. The van der Waals surface area contributed by atoms with E-state index in [0.29, 0.717) is 5.69 Å². The second kappa shape index (κ2) is 6.12. The molecule has 1 atom stereocenters. The molecular weight excluding hydrogens is 228 g/mol. The van der Waals surface area contributed by atoms with E-state index in [0.717, 1.165) is 12.2 Å². The molecule has 1 rings (SSSR count). The molecule has 1 aromatic heterocycles. The second-order valence-corrected chi connectivity index (χ2v) is 5.12. The predicted molar refractivity (Wildman–Crippen MR) is 66.7 cm³/mol. The molecule has 0 aliphatic carbocycles. The van der Waals surface area contributed by atoms with Crippen LogP contribution < -0.4 is 0 Å². The van der Waals surface area contributed by atoms with Gasteiger partial charge < -0.3 is 4.90 Å². The van der Waals surface area contributed by atoms with E-state index < -0.39 is 0 Å². The van der Waals surface area contributed by atoms with Crippen LogP contribution in [-0.4, -0.2) is 40.9 Å². The van der Waals surface area contributed by atoms with Gasteiger partial charge in [-0.05, 0) is 25.4 Å². The molecule has 0 saturated carbocycles. The van der Waals surface area contributed by atoms with Crippen LogP contribution in [0.25, 0.3) is 0 Å². The summed E-state index contributed by atoms with van der Waals surface area (Å²) in [6.07, 6.45) is 3.10. The lowest BCUT2D eigenvalue weighted by molar-refractivity contribution is 0.0736. The standard InChI is InChI=1S/C10H16N2OS2/c1-8(4-5-14-3)12(2)10(13)9-6-15-7-11-9/h6-8H,4-5H2,1-3H3. The topological polar surface area (TPSA) is 33.2 Å². The number of aromatic nitrogens is 1. The van der Waals surface area contributed by atoms with Crippen molar-refractivity contribution in [2.75, 3.05) is 19.1 Å². The third-order valence-electron chi connectivity index (χ3n) is 2.37. The Labute approximate surface area is 98.9 Å². The minimum Gasteiger partial charge on any atom is -0.338 e. The minimum absolute atomic E-state index is 0.0184. The summed E-state index contributed by atoms with van der Waals surface area (Å²) in [4.78, 5) is 17.7. The van der Waals surface area contributed by atoms with Gasteiger partial charge in [0.25, 0.3) is 5.91 Å². The molecule has 0 aromatic carbocycles. The van der Waals surface area contributed by atoms with Crippen molar-refractivity contribution in [3.63, 3.8) is 0 Å². The molecule has 0 saturated heterocycles. The number of hydrogen-bond donors (Lipinski definition) is 0. The monoisotopic (exact) mass is 244 g/mol. The van der Waals surface area contributed by atoms with E-state index in [1.54, 1.807) is 27.6 Å². The van der Waals surface area contributed by atoms with Crippen molar-refractivity contribution in [3.05, 3.63) is 16.6 Å². The van der Waals surface area contributed by atoms with Gasteiger partial charge >= 0.3 is 0 Å². The quantitative estimate of drug-likeness (QED) is 0.797. The molecule has 1 unspecified atom stereocenters. The van der Waals surface area contributed by atoms with Crippen LogP contribution in [0.1, 0.15) is 23.8 Å². The Kier molecular flexibility index (Phi) is 5.11. The molecule has 0 fully saturated rings. The minimum atomic E-state index is 0.0184. The average molecular weight is 244 g/mol. The molecule has 0 aliphatic heterocycles. The maximum Gasteiger partial charge on any atom is 0.273 e. The Morgan fingerprint density at radius 1 is 1.73 bits per heavy atom. The number of carbonyl (C=O) groups excluding carboxylic acids is 1. The van der Waals surface area contributed by atoms with E-state index >= 15 is 0 Å². The highest BCUT2D eigenvalue weighted by molar-refractivity contribution is 7.98. The summed E-state index contributed by atoms with van der Waals surface area (Å²) >= 11 is 3.26. The van der Waals surface area contributed by atoms with Gasteiger partial charge in [-0.2, -0.15) is 11.8 Å². The highest BCUT2D eigenvalue weighted by atomic mass is 32.2. The number of hydrogen-bond acceptors (Lipinski definition) is 4. The molecule has 0 bridgehead atoms.